The summed E-state index contributed by atoms with van der Waals surface area (Å²) in [6.07, 6.45) is 57.3. The maximum absolute atomic E-state index is 2.26. The third kappa shape index (κ3) is 7.14. The first-order chi connectivity index (χ1) is 27.8. The van der Waals surface area contributed by atoms with Crippen molar-refractivity contribution in [2.75, 3.05) is 0 Å². The summed E-state index contributed by atoms with van der Waals surface area (Å²) in [5.41, 5.74) is 4.47. The molecule has 11 aliphatic carbocycles. The van der Waals surface area contributed by atoms with Crippen molar-refractivity contribution in [2.24, 2.45) is 107 Å². The molecule has 56 heavy (non-hydrogen) atoms. The summed E-state index contributed by atoms with van der Waals surface area (Å²) >= 11 is 0. The molecule has 0 nitrogen and oxygen atoms in total. The highest BCUT2D eigenvalue weighted by molar-refractivity contribution is 5.32. The monoisotopic (exact) mass is 763 g/mol. The zero-order valence-electron chi connectivity index (χ0n) is 36.8. The Morgan fingerprint density at radius 1 is 0.232 bits per heavy atom. The zero-order valence-corrected chi connectivity index (χ0v) is 36.8. The van der Waals surface area contributed by atoms with Crippen LogP contribution in [0, 0.1) is 107 Å². The van der Waals surface area contributed by atoms with Crippen molar-refractivity contribution in [3.8, 4) is 0 Å². The van der Waals surface area contributed by atoms with Gasteiger partial charge in [0, 0.05) is 0 Å². The highest BCUT2D eigenvalue weighted by atomic mass is 14.6. The summed E-state index contributed by atoms with van der Waals surface area (Å²) in [5, 5.41) is 0. The van der Waals surface area contributed by atoms with Gasteiger partial charge in [-0.2, -0.15) is 0 Å². The van der Waals surface area contributed by atoms with Gasteiger partial charge in [0.2, 0.25) is 0 Å². The van der Waals surface area contributed by atoms with E-state index in [-0.39, 0.29) is 0 Å². The molecular formula is C56H90. The van der Waals surface area contributed by atoms with Crippen LogP contribution in [0.25, 0.3) is 0 Å². The van der Waals surface area contributed by atoms with Gasteiger partial charge in [0.15, 0.2) is 0 Å². The van der Waals surface area contributed by atoms with Crippen LogP contribution in [0.2, 0.25) is 0 Å². The first-order valence-electron chi connectivity index (χ1n) is 27.5. The quantitative estimate of drug-likeness (QED) is 0.245. The number of allylic oxidation sites excluding steroid dienone is 2. The molecule has 13 atom stereocenters. The first kappa shape index (κ1) is 38.6. The van der Waals surface area contributed by atoms with Crippen LogP contribution in [0.3, 0.4) is 0 Å². The molecule has 11 rings (SSSR count). The van der Waals surface area contributed by atoms with Crippen LogP contribution in [0.1, 0.15) is 231 Å². The van der Waals surface area contributed by atoms with E-state index in [2.05, 4.69) is 11.1 Å². The first-order valence-corrected chi connectivity index (χ1v) is 27.5. The van der Waals surface area contributed by atoms with Crippen LogP contribution < -0.4 is 0 Å². The fourth-order valence-corrected chi connectivity index (χ4v) is 20.6. The van der Waals surface area contributed by atoms with Crippen LogP contribution >= 0.6 is 0 Å². The molecule has 0 bridgehead atoms. The lowest BCUT2D eigenvalue weighted by atomic mass is 9.41. The van der Waals surface area contributed by atoms with E-state index in [1.54, 1.807) is 218 Å². The molecule has 0 aromatic heterocycles. The predicted molar refractivity (Wildman–Crippen MR) is 236 cm³/mol. The SMILES string of the molecule is C1CCC(C2CCC(C3CCCCC3C3=C4CCCCC4C(C4C5CCCCC5C(C5CCC6CCCCC6C5)C5CCCCC54)C4CCCCC34)CC2)CC1. The van der Waals surface area contributed by atoms with Crippen molar-refractivity contribution < 1.29 is 0 Å². The highest BCUT2D eigenvalue weighted by Gasteiger charge is 2.60. The molecule has 10 saturated carbocycles. The van der Waals surface area contributed by atoms with Crippen LogP contribution in [0.5, 0.6) is 0 Å². The molecule has 0 N–H and O–H groups in total. The van der Waals surface area contributed by atoms with Gasteiger partial charge in [-0.3, -0.25) is 0 Å². The molecule has 0 aliphatic heterocycles. The number of hydrogen-bond acceptors (Lipinski definition) is 0. The van der Waals surface area contributed by atoms with Gasteiger partial charge < -0.3 is 0 Å². The van der Waals surface area contributed by atoms with E-state index in [0.717, 1.165) is 107 Å². The van der Waals surface area contributed by atoms with Crippen molar-refractivity contribution in [1.82, 2.24) is 0 Å². The summed E-state index contributed by atoms with van der Waals surface area (Å²) in [7, 11) is 0. The molecule has 10 fully saturated rings. The average molecular weight is 763 g/mol. The Kier molecular flexibility index (Phi) is 11.9. The van der Waals surface area contributed by atoms with E-state index >= 15 is 0 Å². The Balaban J connectivity index is 0.913. The number of hydrogen-bond donors (Lipinski definition) is 0. The molecule has 0 radical (unpaired) electrons. The Labute approximate surface area is 347 Å². The normalized spacial score (nSPS) is 50.5. The molecule has 11 aliphatic rings. The maximum atomic E-state index is 2.26. The molecular weight excluding hydrogens is 673 g/mol. The number of rotatable bonds is 5. The summed E-state index contributed by atoms with van der Waals surface area (Å²) in [5.74, 6) is 19.5. The molecule has 314 valence electrons. The van der Waals surface area contributed by atoms with Crippen LogP contribution in [-0.2, 0) is 0 Å². The summed E-state index contributed by atoms with van der Waals surface area (Å²) in [4.78, 5) is 0. The van der Waals surface area contributed by atoms with E-state index < -0.39 is 0 Å². The second-order valence-corrected chi connectivity index (χ2v) is 24.3. The Morgan fingerprint density at radius 3 is 1.30 bits per heavy atom. The van der Waals surface area contributed by atoms with Crippen molar-refractivity contribution in [3.05, 3.63) is 11.1 Å². The predicted octanol–water partition coefficient (Wildman–Crippen LogP) is 16.6. The fourth-order valence-electron chi connectivity index (χ4n) is 20.6. The Hall–Kier alpha value is -0.260. The van der Waals surface area contributed by atoms with Crippen molar-refractivity contribution in [2.45, 2.75) is 231 Å². The van der Waals surface area contributed by atoms with Crippen molar-refractivity contribution in [1.29, 1.82) is 0 Å². The van der Waals surface area contributed by atoms with Crippen LogP contribution in [0.4, 0.5) is 0 Å². The van der Waals surface area contributed by atoms with E-state index in [0.29, 0.717) is 0 Å². The Bertz CT molecular complexity index is 1300. The second-order valence-electron chi connectivity index (χ2n) is 24.3. The minimum atomic E-state index is 0.998. The van der Waals surface area contributed by atoms with Gasteiger partial charge in [0.05, 0.1) is 0 Å². The lowest BCUT2D eigenvalue weighted by Crippen LogP contribution is -2.57. The minimum absolute atomic E-state index is 0.998. The van der Waals surface area contributed by atoms with Crippen molar-refractivity contribution in [3.63, 3.8) is 0 Å². The lowest BCUT2D eigenvalue weighted by molar-refractivity contribution is -0.136. The van der Waals surface area contributed by atoms with Crippen LogP contribution in [0.15, 0.2) is 11.1 Å². The van der Waals surface area contributed by atoms with Crippen molar-refractivity contribution >= 4 is 0 Å². The molecule has 0 heteroatoms. The molecule has 0 aromatic carbocycles. The molecule has 13 unspecified atom stereocenters. The van der Waals surface area contributed by atoms with Gasteiger partial charge in [-0.25, -0.2) is 0 Å². The highest BCUT2D eigenvalue weighted by Crippen LogP contribution is 2.68. The molecule has 0 spiro atoms. The third-order valence-electron chi connectivity index (χ3n) is 22.5. The maximum Gasteiger partial charge on any atom is -0.0166 e. The van der Waals surface area contributed by atoms with Gasteiger partial charge >= 0.3 is 0 Å². The van der Waals surface area contributed by atoms with Gasteiger partial charge in [0.1, 0.15) is 0 Å². The summed E-state index contributed by atoms with van der Waals surface area (Å²) < 4.78 is 0. The summed E-state index contributed by atoms with van der Waals surface area (Å²) in [6.45, 7) is 0. The molecule has 0 heterocycles. The smallest absolute Gasteiger partial charge is 0.0166 e. The van der Waals surface area contributed by atoms with Crippen LogP contribution in [-0.4, -0.2) is 0 Å². The molecule has 0 aromatic rings. The molecule has 0 amide bonds. The third-order valence-corrected chi connectivity index (χ3v) is 22.5. The lowest BCUT2D eigenvalue weighted by Gasteiger charge is -2.64. The Morgan fingerprint density at radius 2 is 0.643 bits per heavy atom. The van der Waals surface area contributed by atoms with E-state index in [1.807, 2.05) is 0 Å². The minimum Gasteiger partial charge on any atom is -0.0670 e. The van der Waals surface area contributed by atoms with E-state index in [9.17, 15) is 0 Å². The number of fused-ring (bicyclic) bond motifs is 5. The molecule has 0 saturated heterocycles. The zero-order chi connectivity index (χ0) is 37.0. The average Bonchev–Trinajstić information content (AvgIpc) is 3.28. The topological polar surface area (TPSA) is 0 Å². The fraction of sp³-hybridized carbons (Fsp3) is 0.964. The van der Waals surface area contributed by atoms with Gasteiger partial charge in [-0.15, -0.1) is 0 Å². The summed E-state index contributed by atoms with van der Waals surface area (Å²) in [6, 6.07) is 0. The largest absolute Gasteiger partial charge is 0.0670 e. The van der Waals surface area contributed by atoms with E-state index in [4.69, 9.17) is 0 Å². The van der Waals surface area contributed by atoms with Gasteiger partial charge in [0.25, 0.3) is 0 Å². The van der Waals surface area contributed by atoms with Gasteiger partial charge in [-0.1, -0.05) is 127 Å². The van der Waals surface area contributed by atoms with Gasteiger partial charge in [-0.05, 0) is 222 Å². The standard InChI is InChI=1S/C56H90/c1-2-16-37(17-3-1)39-30-33-40(34-31-39)43-20-6-7-21-44(43)54-47-24-10-14-28-51(47)56(52-29-15-11-25-48(52)54)55-49-26-12-8-22-45(49)53(46-23-9-13-27-50(46)55)42-35-32-38-18-4-5-19-41(38)36-42/h37-47,49-53,55-56H,1-36H2. The second kappa shape index (κ2) is 17.2. The van der Waals surface area contributed by atoms with E-state index in [1.165, 1.54) is 12.8 Å².